The Bertz CT molecular complexity index is 464. The van der Waals surface area contributed by atoms with E-state index in [0.717, 1.165) is 22.3 Å². The van der Waals surface area contributed by atoms with Gasteiger partial charge in [-0.2, -0.15) is 0 Å². The second-order valence-electron chi connectivity index (χ2n) is 4.51. The lowest BCUT2D eigenvalue weighted by atomic mass is 9.89. The zero-order chi connectivity index (χ0) is 13.8. The molecule has 1 aliphatic heterocycles. The summed E-state index contributed by atoms with van der Waals surface area (Å²) in [5.41, 5.74) is 1.09. The van der Waals surface area contributed by atoms with Gasteiger partial charge in [0.25, 0.3) is 0 Å². The second kappa shape index (κ2) is 6.39. The van der Waals surface area contributed by atoms with Crippen LogP contribution in [0.4, 0.5) is 0 Å². The number of hydrogen-bond acceptors (Lipinski definition) is 4. The topological polar surface area (TPSA) is 47.6 Å². The number of methoxy groups -OCH3 is 1. The molecule has 104 valence electrons. The van der Waals surface area contributed by atoms with E-state index in [-0.39, 0.29) is 17.8 Å². The number of hydrogen-bond donors (Lipinski definition) is 1. The summed E-state index contributed by atoms with van der Waals surface area (Å²) in [6.07, 6.45) is 0. The first-order valence-corrected chi connectivity index (χ1v) is 7.17. The van der Waals surface area contributed by atoms with Crippen molar-refractivity contribution in [3.63, 3.8) is 0 Å². The predicted octanol–water partition coefficient (Wildman–Crippen LogP) is 2.32. The van der Waals surface area contributed by atoms with Gasteiger partial charge in [0.15, 0.2) is 0 Å². The number of rotatable bonds is 4. The highest BCUT2D eigenvalue weighted by Crippen LogP contribution is 2.35. The molecular formula is C14H18BrNO3. The first-order valence-electron chi connectivity index (χ1n) is 6.38. The van der Waals surface area contributed by atoms with Gasteiger partial charge >= 0.3 is 5.97 Å². The maximum Gasteiger partial charge on any atom is 0.310 e. The summed E-state index contributed by atoms with van der Waals surface area (Å²) in [5.74, 6) is 0.645. The molecule has 1 fully saturated rings. The molecule has 0 radical (unpaired) electrons. The van der Waals surface area contributed by atoms with Crippen LogP contribution >= 0.6 is 15.9 Å². The highest BCUT2D eigenvalue weighted by atomic mass is 79.9. The molecule has 5 heteroatoms. The predicted molar refractivity (Wildman–Crippen MR) is 76.4 cm³/mol. The lowest BCUT2D eigenvalue weighted by Gasteiger charge is -2.19. The fourth-order valence-electron chi connectivity index (χ4n) is 2.44. The molecule has 0 aromatic heterocycles. The molecule has 2 rings (SSSR count). The number of benzene rings is 1. The van der Waals surface area contributed by atoms with Crippen LogP contribution in [0.2, 0.25) is 0 Å². The van der Waals surface area contributed by atoms with Crippen molar-refractivity contribution in [2.75, 3.05) is 26.8 Å². The molecule has 1 heterocycles. The maximum atomic E-state index is 12.0. The van der Waals surface area contributed by atoms with Crippen LogP contribution in [0.3, 0.4) is 0 Å². The number of carbonyl (C=O) groups is 1. The van der Waals surface area contributed by atoms with E-state index in [4.69, 9.17) is 9.47 Å². The number of carbonyl (C=O) groups excluding carboxylic acids is 1. The molecule has 1 N–H and O–H groups in total. The molecule has 1 aliphatic rings. The van der Waals surface area contributed by atoms with Crippen LogP contribution in [0.15, 0.2) is 22.7 Å². The third-order valence-corrected chi connectivity index (χ3v) is 4.13. The number of esters is 1. The van der Waals surface area contributed by atoms with E-state index in [2.05, 4.69) is 21.2 Å². The monoisotopic (exact) mass is 327 g/mol. The van der Waals surface area contributed by atoms with Crippen LogP contribution in [0.1, 0.15) is 18.4 Å². The molecule has 0 unspecified atom stereocenters. The maximum absolute atomic E-state index is 12.0. The molecule has 1 aromatic rings. The second-order valence-corrected chi connectivity index (χ2v) is 5.37. The van der Waals surface area contributed by atoms with E-state index in [9.17, 15) is 4.79 Å². The Hall–Kier alpha value is -1.07. The number of ether oxygens (including phenoxy) is 2. The molecule has 0 aliphatic carbocycles. The van der Waals surface area contributed by atoms with E-state index >= 15 is 0 Å². The first-order chi connectivity index (χ1) is 9.17. The Kier molecular flexibility index (Phi) is 4.82. The third kappa shape index (κ3) is 3.09. The minimum Gasteiger partial charge on any atom is -0.497 e. The van der Waals surface area contributed by atoms with Crippen LogP contribution in [0.25, 0.3) is 0 Å². The zero-order valence-electron chi connectivity index (χ0n) is 11.1. The van der Waals surface area contributed by atoms with Crippen LogP contribution in [-0.4, -0.2) is 32.8 Å². The summed E-state index contributed by atoms with van der Waals surface area (Å²) in [5, 5.41) is 3.26. The van der Waals surface area contributed by atoms with Gasteiger partial charge < -0.3 is 14.8 Å². The molecule has 0 amide bonds. The zero-order valence-corrected chi connectivity index (χ0v) is 12.7. The molecule has 1 aromatic carbocycles. The summed E-state index contributed by atoms with van der Waals surface area (Å²) in [7, 11) is 1.64. The van der Waals surface area contributed by atoms with Crippen molar-refractivity contribution in [3.05, 3.63) is 28.2 Å². The van der Waals surface area contributed by atoms with Gasteiger partial charge in [-0.15, -0.1) is 0 Å². The quantitative estimate of drug-likeness (QED) is 0.862. The lowest BCUT2D eigenvalue weighted by Crippen LogP contribution is -2.24. The van der Waals surface area contributed by atoms with Crippen molar-refractivity contribution in [1.82, 2.24) is 5.32 Å². The van der Waals surface area contributed by atoms with Crippen LogP contribution in [-0.2, 0) is 9.53 Å². The summed E-state index contributed by atoms with van der Waals surface area (Å²) < 4.78 is 11.4. The summed E-state index contributed by atoms with van der Waals surface area (Å²) in [4.78, 5) is 12.0. The van der Waals surface area contributed by atoms with Gasteiger partial charge in [-0.05, 0) is 30.7 Å². The molecule has 0 saturated carbocycles. The van der Waals surface area contributed by atoms with Crippen molar-refractivity contribution in [3.8, 4) is 5.75 Å². The standard InChI is InChI=1S/C14H18BrNO3/c1-3-19-14(17)12-8-16-7-11(12)10-6-9(18-2)4-5-13(10)15/h4-6,11-12,16H,3,7-8H2,1-2H3/t11-,12+/m0/s1. The van der Waals surface area contributed by atoms with E-state index < -0.39 is 0 Å². The first kappa shape index (κ1) is 14.3. The molecular weight excluding hydrogens is 310 g/mol. The third-order valence-electron chi connectivity index (χ3n) is 3.41. The average Bonchev–Trinajstić information content (AvgIpc) is 2.89. The van der Waals surface area contributed by atoms with Gasteiger partial charge in [0, 0.05) is 23.5 Å². The van der Waals surface area contributed by atoms with E-state index in [0.29, 0.717) is 13.2 Å². The van der Waals surface area contributed by atoms with E-state index in [1.807, 2.05) is 25.1 Å². The Labute approximate surface area is 121 Å². The lowest BCUT2D eigenvalue weighted by molar-refractivity contribution is -0.147. The fourth-order valence-corrected chi connectivity index (χ4v) is 2.98. The van der Waals surface area contributed by atoms with E-state index in [1.54, 1.807) is 7.11 Å². The van der Waals surface area contributed by atoms with Crippen LogP contribution < -0.4 is 10.1 Å². The molecule has 4 nitrogen and oxygen atoms in total. The van der Waals surface area contributed by atoms with Crippen molar-refractivity contribution in [2.24, 2.45) is 5.92 Å². The van der Waals surface area contributed by atoms with Gasteiger partial charge in [-0.3, -0.25) is 4.79 Å². The number of nitrogens with one attached hydrogen (secondary N) is 1. The SMILES string of the molecule is CCOC(=O)[C@@H]1CNC[C@H]1c1cc(OC)ccc1Br. The molecule has 1 saturated heterocycles. The Morgan fingerprint density at radius 1 is 1.47 bits per heavy atom. The minimum atomic E-state index is -0.136. The van der Waals surface area contributed by atoms with Crippen molar-refractivity contribution in [2.45, 2.75) is 12.8 Å². The highest BCUT2D eigenvalue weighted by molar-refractivity contribution is 9.10. The molecule has 19 heavy (non-hydrogen) atoms. The summed E-state index contributed by atoms with van der Waals surface area (Å²) >= 11 is 3.55. The minimum absolute atomic E-state index is 0.114. The van der Waals surface area contributed by atoms with Gasteiger partial charge in [0.05, 0.1) is 19.6 Å². The van der Waals surface area contributed by atoms with Crippen molar-refractivity contribution >= 4 is 21.9 Å². The smallest absolute Gasteiger partial charge is 0.310 e. The molecule has 0 spiro atoms. The molecule has 2 atom stereocenters. The fraction of sp³-hybridized carbons (Fsp3) is 0.500. The van der Waals surface area contributed by atoms with Gasteiger partial charge in [-0.1, -0.05) is 15.9 Å². The van der Waals surface area contributed by atoms with Gasteiger partial charge in [0.2, 0.25) is 0 Å². The van der Waals surface area contributed by atoms with Crippen molar-refractivity contribution in [1.29, 1.82) is 0 Å². The number of halogens is 1. The summed E-state index contributed by atoms with van der Waals surface area (Å²) in [6.45, 7) is 3.68. The highest BCUT2D eigenvalue weighted by Gasteiger charge is 2.36. The Morgan fingerprint density at radius 2 is 2.26 bits per heavy atom. The Balaban J connectivity index is 2.26. The summed E-state index contributed by atoms with van der Waals surface area (Å²) in [6, 6.07) is 5.83. The van der Waals surface area contributed by atoms with E-state index in [1.165, 1.54) is 0 Å². The Morgan fingerprint density at radius 3 is 2.95 bits per heavy atom. The van der Waals surface area contributed by atoms with Crippen molar-refractivity contribution < 1.29 is 14.3 Å². The van der Waals surface area contributed by atoms with Gasteiger partial charge in [-0.25, -0.2) is 0 Å². The average molecular weight is 328 g/mol. The van der Waals surface area contributed by atoms with Gasteiger partial charge in [0.1, 0.15) is 5.75 Å². The molecule has 0 bridgehead atoms. The van der Waals surface area contributed by atoms with Crippen LogP contribution in [0, 0.1) is 5.92 Å². The largest absolute Gasteiger partial charge is 0.497 e. The van der Waals surface area contributed by atoms with Crippen LogP contribution in [0.5, 0.6) is 5.75 Å². The normalized spacial score (nSPS) is 22.3.